The topological polar surface area (TPSA) is 101 Å². The largest absolute Gasteiger partial charge is 2.00 e. The zero-order valence-corrected chi connectivity index (χ0v) is 16.0. The minimum atomic E-state index is -0.506. The van der Waals surface area contributed by atoms with Crippen LogP contribution in [0.5, 0.6) is 0 Å². The van der Waals surface area contributed by atoms with E-state index in [2.05, 4.69) is 24.6 Å². The normalized spacial score (nSPS) is 13.0. The van der Waals surface area contributed by atoms with Gasteiger partial charge in [-0.2, -0.15) is 11.8 Å². The van der Waals surface area contributed by atoms with Gasteiger partial charge >= 0.3 is 21.1 Å². The minimum absolute atomic E-state index is 0. The van der Waals surface area contributed by atoms with Gasteiger partial charge in [-0.05, 0) is 12.2 Å². The van der Waals surface area contributed by atoms with E-state index in [9.17, 15) is 14.4 Å². The van der Waals surface area contributed by atoms with Crippen LogP contribution in [0.15, 0.2) is 0 Å². The summed E-state index contributed by atoms with van der Waals surface area (Å²) >= 11 is 1.51. The number of hydrogen-bond acceptors (Lipinski definition) is 6. The van der Waals surface area contributed by atoms with E-state index in [0.717, 1.165) is 0 Å². The molecule has 0 saturated heterocycles. The van der Waals surface area contributed by atoms with Gasteiger partial charge < -0.3 is 28.1 Å². The first-order valence-electron chi connectivity index (χ1n) is 6.38. The van der Waals surface area contributed by atoms with Crippen LogP contribution >= 0.6 is 11.8 Å². The first-order chi connectivity index (χ1) is 9.46. The van der Waals surface area contributed by atoms with Crippen molar-refractivity contribution in [2.75, 3.05) is 18.1 Å². The Hall–Kier alpha value is -0.232. The molecular formula is C13H23N3O3SW. The maximum Gasteiger partial charge on any atom is 2.00 e. The fourth-order valence-electron chi connectivity index (χ4n) is 1.54. The van der Waals surface area contributed by atoms with Crippen LogP contribution in [0.4, 0.5) is 0 Å². The molecule has 0 aliphatic carbocycles. The van der Waals surface area contributed by atoms with E-state index >= 15 is 0 Å². The van der Waals surface area contributed by atoms with Crippen LogP contribution in [0.25, 0.3) is 0 Å². The van der Waals surface area contributed by atoms with Crippen molar-refractivity contribution in [1.82, 2.24) is 10.6 Å². The number of rotatable bonds is 11. The number of hydrogen-bond donors (Lipinski definition) is 3. The summed E-state index contributed by atoms with van der Waals surface area (Å²) in [6.45, 7) is 4.88. The maximum atomic E-state index is 11.6. The third-order valence-electron chi connectivity index (χ3n) is 2.68. The van der Waals surface area contributed by atoms with E-state index in [-0.39, 0.29) is 57.5 Å². The number of nitrogens with one attached hydrogen (secondary N) is 2. The molecule has 0 aromatic rings. The fraction of sp³-hybridized carbons (Fsp3) is 0.615. The van der Waals surface area contributed by atoms with E-state index < -0.39 is 6.04 Å². The summed E-state index contributed by atoms with van der Waals surface area (Å²) in [5.41, 5.74) is 5.29. The van der Waals surface area contributed by atoms with Crippen molar-refractivity contribution in [2.24, 2.45) is 5.73 Å². The van der Waals surface area contributed by atoms with Crippen LogP contribution in [-0.2, 0) is 35.4 Å². The number of nitrogens with two attached hydrogens (primary N) is 1. The third-order valence-corrected chi connectivity index (χ3v) is 3.78. The molecule has 6 nitrogen and oxygen atoms in total. The molecule has 0 aliphatic rings. The van der Waals surface area contributed by atoms with Crippen LogP contribution in [0.1, 0.15) is 19.8 Å². The molecule has 0 aliphatic heterocycles. The Kier molecular flexibility index (Phi) is 14.7. The summed E-state index contributed by atoms with van der Waals surface area (Å²) in [7, 11) is 3.49. The summed E-state index contributed by atoms with van der Waals surface area (Å²) in [6.07, 6.45) is 0.656. The number of Topliss-reactive ketones (excluding diaryl/α,β-unsaturated/α-hetero) is 2. The van der Waals surface area contributed by atoms with Gasteiger partial charge in [0.2, 0.25) is 5.91 Å². The maximum absolute atomic E-state index is 11.6. The second-order valence-electron chi connectivity index (χ2n) is 4.26. The molecule has 0 aromatic heterocycles. The molecule has 21 heavy (non-hydrogen) atoms. The first-order valence-corrected chi connectivity index (χ1v) is 7.53. The minimum Gasteiger partial charge on any atom is -0.463 e. The molecule has 0 spiro atoms. The van der Waals surface area contributed by atoms with Gasteiger partial charge in [0.1, 0.15) is 5.78 Å². The molecule has 4 N–H and O–H groups in total. The third kappa shape index (κ3) is 10.2. The van der Waals surface area contributed by atoms with E-state index in [1.54, 1.807) is 0 Å². The van der Waals surface area contributed by atoms with E-state index in [1.165, 1.54) is 18.7 Å². The summed E-state index contributed by atoms with van der Waals surface area (Å²) in [4.78, 5) is 34.0. The Balaban J connectivity index is 0. The molecule has 8 heteroatoms. The number of carbonyl (C=O) groups excluding carboxylic acids is 3. The summed E-state index contributed by atoms with van der Waals surface area (Å²) < 4.78 is 0. The van der Waals surface area contributed by atoms with Crippen molar-refractivity contribution in [3.63, 3.8) is 0 Å². The predicted molar refractivity (Wildman–Crippen MR) is 80.9 cm³/mol. The zero-order chi connectivity index (χ0) is 15.5. The SMILES string of the molecule is [CH2-]CC(=O)C(CCSCC(N[CH2-])C(=O)CN)NC(C)=O.[W+2]. The van der Waals surface area contributed by atoms with Crippen LogP contribution in [0.3, 0.4) is 0 Å². The molecule has 0 fully saturated rings. The molecule has 0 bridgehead atoms. The summed E-state index contributed by atoms with van der Waals surface area (Å²) in [6, 6.07) is -0.887. The predicted octanol–water partition coefficient (Wildman–Crippen LogP) is -0.317. The average molecular weight is 485 g/mol. The number of thioether (sulfide) groups is 1. The van der Waals surface area contributed by atoms with Gasteiger partial charge in [-0.3, -0.25) is 16.6 Å². The van der Waals surface area contributed by atoms with Crippen molar-refractivity contribution in [2.45, 2.75) is 31.8 Å². The Morgan fingerprint density at radius 2 is 1.86 bits per heavy atom. The molecule has 1 amide bonds. The molecule has 0 rings (SSSR count). The van der Waals surface area contributed by atoms with Crippen LogP contribution in [-0.4, -0.2) is 47.6 Å². The van der Waals surface area contributed by atoms with Crippen molar-refractivity contribution in [1.29, 1.82) is 0 Å². The quantitative estimate of drug-likeness (QED) is 0.274. The Labute approximate surface area is 145 Å². The molecule has 2 unspecified atom stereocenters. The molecule has 2 atom stereocenters. The van der Waals surface area contributed by atoms with E-state index in [0.29, 0.717) is 17.9 Å². The second kappa shape index (κ2) is 13.4. The van der Waals surface area contributed by atoms with Crippen molar-refractivity contribution >= 4 is 29.2 Å². The van der Waals surface area contributed by atoms with Gasteiger partial charge in [0.25, 0.3) is 0 Å². The van der Waals surface area contributed by atoms with Crippen molar-refractivity contribution < 1.29 is 35.4 Å². The van der Waals surface area contributed by atoms with Crippen molar-refractivity contribution in [3.05, 3.63) is 14.0 Å². The smallest absolute Gasteiger partial charge is 0.463 e. The van der Waals surface area contributed by atoms with Crippen LogP contribution in [0.2, 0.25) is 0 Å². The van der Waals surface area contributed by atoms with Gasteiger partial charge in [0.05, 0.1) is 12.6 Å². The van der Waals surface area contributed by atoms with Gasteiger partial charge in [-0.15, -0.1) is 6.42 Å². The first kappa shape index (κ1) is 23.0. The zero-order valence-electron chi connectivity index (χ0n) is 12.2. The standard InChI is InChI=1S/C13H23N3O3S.W/c1-4-12(18)10(16-9(2)17)5-6-20-8-11(15-3)13(19)7-14;/h10-11,15H,1,3-8,14H2,2H3,(H,16,17);/q-2;+2. The van der Waals surface area contributed by atoms with Crippen LogP contribution < -0.4 is 16.4 Å². The van der Waals surface area contributed by atoms with Gasteiger partial charge in [0, 0.05) is 18.7 Å². The molecule has 120 valence electrons. The van der Waals surface area contributed by atoms with E-state index in [1.807, 2.05) is 0 Å². The van der Waals surface area contributed by atoms with E-state index in [4.69, 9.17) is 5.73 Å². The van der Waals surface area contributed by atoms with Gasteiger partial charge in [-0.1, -0.05) is 0 Å². The average Bonchev–Trinajstić information content (AvgIpc) is 2.44. The monoisotopic (exact) mass is 485 g/mol. The van der Waals surface area contributed by atoms with Gasteiger partial charge in [0.15, 0.2) is 5.78 Å². The fourth-order valence-corrected chi connectivity index (χ4v) is 2.65. The Morgan fingerprint density at radius 1 is 1.24 bits per heavy atom. The molecule has 0 heterocycles. The summed E-state index contributed by atoms with van der Waals surface area (Å²) in [5.74, 6) is 0.750. The molecule has 0 saturated carbocycles. The Morgan fingerprint density at radius 3 is 2.29 bits per heavy atom. The molecule has 0 aromatic carbocycles. The van der Waals surface area contributed by atoms with Crippen LogP contribution in [0, 0.1) is 14.0 Å². The summed E-state index contributed by atoms with van der Waals surface area (Å²) in [5, 5.41) is 5.27. The molecular weight excluding hydrogens is 462 g/mol. The molecule has 0 radical (unpaired) electrons. The van der Waals surface area contributed by atoms with Crippen molar-refractivity contribution in [3.8, 4) is 0 Å². The Bertz CT molecular complexity index is 343. The van der Waals surface area contributed by atoms with Gasteiger partial charge in [-0.25, -0.2) is 0 Å². The second-order valence-corrected chi connectivity index (χ2v) is 5.41. The number of carbonyl (C=O) groups is 3. The number of ketones is 2. The number of amides is 1.